The zero-order chi connectivity index (χ0) is 22.8. The molecule has 0 heterocycles. The zero-order valence-corrected chi connectivity index (χ0v) is 20.1. The van der Waals surface area contributed by atoms with Gasteiger partial charge >= 0.3 is 0 Å². The van der Waals surface area contributed by atoms with E-state index in [9.17, 15) is 15.3 Å². The molecule has 3 N–H and O–H groups in total. The van der Waals surface area contributed by atoms with E-state index in [0.717, 1.165) is 17.6 Å². The van der Waals surface area contributed by atoms with Crippen LogP contribution in [0.25, 0.3) is 0 Å². The van der Waals surface area contributed by atoms with Gasteiger partial charge in [-0.25, -0.2) is 0 Å². The van der Waals surface area contributed by atoms with Crippen LogP contribution in [0.4, 0.5) is 0 Å². The van der Waals surface area contributed by atoms with E-state index in [-0.39, 0.29) is 6.61 Å². The molecule has 8 atom stereocenters. The molecule has 0 bridgehead atoms. The van der Waals surface area contributed by atoms with E-state index in [2.05, 4.69) is 58.6 Å². The largest absolute Gasteiger partial charge is 0.396 e. The SMILES string of the molecule is C=C1/C(=C\C=C2/CCC[C@]3(C)[C@@H]([C@H](C)/C=C/[C@H](C)[C@H](C)CO)CC[C@@H]23)C[C@@H](O)C[C@@H]1O. The number of allylic oxidation sites excluding steroid dienone is 5. The molecule has 3 heteroatoms. The van der Waals surface area contributed by atoms with Crippen molar-refractivity contribution in [2.24, 2.45) is 35.0 Å². The van der Waals surface area contributed by atoms with Crippen molar-refractivity contribution < 1.29 is 15.3 Å². The predicted molar refractivity (Wildman–Crippen MR) is 128 cm³/mol. The lowest BCUT2D eigenvalue weighted by Crippen LogP contribution is -2.35. The molecule has 0 unspecified atom stereocenters. The molecule has 3 fully saturated rings. The van der Waals surface area contributed by atoms with Gasteiger partial charge in [0.25, 0.3) is 0 Å². The van der Waals surface area contributed by atoms with Gasteiger partial charge in [0.05, 0.1) is 12.2 Å². The minimum Gasteiger partial charge on any atom is -0.396 e. The molecule has 0 saturated heterocycles. The predicted octanol–water partition coefficient (Wildman–Crippen LogP) is 5.58. The third kappa shape index (κ3) is 5.26. The van der Waals surface area contributed by atoms with E-state index in [1.807, 2.05) is 0 Å². The Labute approximate surface area is 189 Å². The molecule has 3 aliphatic carbocycles. The van der Waals surface area contributed by atoms with Crippen molar-refractivity contribution in [3.63, 3.8) is 0 Å². The van der Waals surface area contributed by atoms with Crippen molar-refractivity contribution in [2.75, 3.05) is 6.61 Å². The first-order valence-electron chi connectivity index (χ1n) is 12.4. The quantitative estimate of drug-likeness (QED) is 0.484. The highest BCUT2D eigenvalue weighted by Gasteiger charge is 2.50. The van der Waals surface area contributed by atoms with Gasteiger partial charge in [-0.05, 0) is 84.7 Å². The van der Waals surface area contributed by atoms with Crippen LogP contribution in [0.15, 0.2) is 47.6 Å². The fourth-order valence-electron chi connectivity index (χ4n) is 6.45. The Balaban J connectivity index is 1.75. The Kier molecular flexibility index (Phi) is 8.05. The maximum absolute atomic E-state index is 10.1. The summed E-state index contributed by atoms with van der Waals surface area (Å²) in [5, 5.41) is 29.6. The molecule has 0 spiro atoms. The van der Waals surface area contributed by atoms with Crippen LogP contribution < -0.4 is 0 Å². The summed E-state index contributed by atoms with van der Waals surface area (Å²) < 4.78 is 0. The Morgan fingerprint density at radius 3 is 2.58 bits per heavy atom. The smallest absolute Gasteiger partial charge is 0.0811 e. The average Bonchev–Trinajstić information content (AvgIpc) is 3.10. The van der Waals surface area contributed by atoms with Crippen molar-refractivity contribution in [3.05, 3.63) is 47.6 Å². The van der Waals surface area contributed by atoms with Crippen molar-refractivity contribution >= 4 is 0 Å². The maximum atomic E-state index is 10.1. The number of fused-ring (bicyclic) bond motifs is 1. The van der Waals surface area contributed by atoms with Crippen LogP contribution in [-0.2, 0) is 0 Å². The lowest BCUT2D eigenvalue weighted by molar-refractivity contribution is 0.0862. The van der Waals surface area contributed by atoms with E-state index in [0.29, 0.717) is 47.8 Å². The Morgan fingerprint density at radius 2 is 1.87 bits per heavy atom. The summed E-state index contributed by atoms with van der Waals surface area (Å²) in [4.78, 5) is 0. The van der Waals surface area contributed by atoms with Crippen LogP contribution in [0.2, 0.25) is 0 Å². The van der Waals surface area contributed by atoms with Gasteiger partial charge in [-0.3, -0.25) is 0 Å². The summed E-state index contributed by atoms with van der Waals surface area (Å²) in [6.07, 6.45) is 15.3. The number of hydrogen-bond acceptors (Lipinski definition) is 3. The van der Waals surface area contributed by atoms with E-state index in [1.165, 1.54) is 25.7 Å². The molecule has 3 nitrogen and oxygen atoms in total. The van der Waals surface area contributed by atoms with Gasteiger partial charge in [0.2, 0.25) is 0 Å². The molecular weight excluding hydrogens is 384 g/mol. The van der Waals surface area contributed by atoms with Crippen LogP contribution in [-0.4, -0.2) is 34.1 Å². The zero-order valence-electron chi connectivity index (χ0n) is 20.1. The average molecular weight is 429 g/mol. The third-order valence-electron chi connectivity index (χ3n) is 8.84. The van der Waals surface area contributed by atoms with Gasteiger partial charge in [-0.1, -0.05) is 64.2 Å². The standard InChI is InChI=1S/C28H44O3/c1-18(20(3)17-29)8-9-19(2)25-12-13-26-22(7-6-14-28(25,26)5)10-11-23-15-24(30)16-27(31)21(23)4/h8-11,18-20,24-27,29-31H,4,6-7,12-17H2,1-3,5H3/b9-8+,22-10+,23-11-/t18-,19+,20+,24+,25+,26-,27-,28+/m0/s1. The molecule has 0 aliphatic heterocycles. The molecule has 0 aromatic rings. The molecule has 3 saturated carbocycles. The molecule has 3 rings (SSSR count). The first-order valence-corrected chi connectivity index (χ1v) is 12.4. The van der Waals surface area contributed by atoms with Crippen LogP contribution in [0.3, 0.4) is 0 Å². The summed E-state index contributed by atoms with van der Waals surface area (Å²) in [6, 6.07) is 0. The summed E-state index contributed by atoms with van der Waals surface area (Å²) in [7, 11) is 0. The summed E-state index contributed by atoms with van der Waals surface area (Å²) in [6.45, 7) is 13.5. The first-order chi connectivity index (χ1) is 14.7. The van der Waals surface area contributed by atoms with E-state index < -0.39 is 12.2 Å². The van der Waals surface area contributed by atoms with Gasteiger partial charge in [0.15, 0.2) is 0 Å². The fourth-order valence-corrected chi connectivity index (χ4v) is 6.45. The van der Waals surface area contributed by atoms with Crippen molar-refractivity contribution in [1.82, 2.24) is 0 Å². The van der Waals surface area contributed by atoms with Crippen molar-refractivity contribution in [2.45, 2.75) is 84.8 Å². The molecule has 0 aromatic carbocycles. The normalized spacial score (nSPS) is 39.8. The molecule has 0 radical (unpaired) electrons. The van der Waals surface area contributed by atoms with Gasteiger partial charge in [-0.15, -0.1) is 0 Å². The second-order valence-corrected chi connectivity index (χ2v) is 10.9. The summed E-state index contributed by atoms with van der Waals surface area (Å²) >= 11 is 0. The van der Waals surface area contributed by atoms with Crippen LogP contribution in [0.5, 0.6) is 0 Å². The van der Waals surface area contributed by atoms with Crippen LogP contribution >= 0.6 is 0 Å². The highest BCUT2D eigenvalue weighted by molar-refractivity contribution is 5.38. The lowest BCUT2D eigenvalue weighted by atomic mass is 9.61. The van der Waals surface area contributed by atoms with Gasteiger partial charge in [0, 0.05) is 13.0 Å². The van der Waals surface area contributed by atoms with E-state index in [4.69, 9.17) is 0 Å². The van der Waals surface area contributed by atoms with Gasteiger partial charge in [0.1, 0.15) is 0 Å². The van der Waals surface area contributed by atoms with Crippen LogP contribution in [0.1, 0.15) is 72.6 Å². The molecule has 174 valence electrons. The lowest BCUT2D eigenvalue weighted by Gasteiger charge is -2.44. The molecular formula is C28H44O3. The Hall–Kier alpha value is -1.16. The molecule has 0 amide bonds. The second kappa shape index (κ2) is 10.2. The topological polar surface area (TPSA) is 60.7 Å². The fraction of sp³-hybridized carbons (Fsp3) is 0.714. The minimum atomic E-state index is -0.621. The van der Waals surface area contributed by atoms with E-state index >= 15 is 0 Å². The third-order valence-corrected chi connectivity index (χ3v) is 8.84. The Bertz CT molecular complexity index is 733. The second-order valence-electron chi connectivity index (χ2n) is 10.9. The van der Waals surface area contributed by atoms with Gasteiger partial charge in [-0.2, -0.15) is 0 Å². The highest BCUT2D eigenvalue weighted by atomic mass is 16.3. The van der Waals surface area contributed by atoms with Gasteiger partial charge < -0.3 is 15.3 Å². The maximum Gasteiger partial charge on any atom is 0.0811 e. The molecule has 31 heavy (non-hydrogen) atoms. The van der Waals surface area contributed by atoms with Crippen LogP contribution in [0, 0.1) is 35.0 Å². The first kappa shape index (κ1) is 24.5. The number of aliphatic hydroxyl groups is 3. The summed E-state index contributed by atoms with van der Waals surface area (Å²) in [5.41, 5.74) is 3.66. The molecule has 3 aliphatic rings. The minimum absolute atomic E-state index is 0.243. The number of hydrogen-bond donors (Lipinski definition) is 3. The molecule has 0 aromatic heterocycles. The van der Waals surface area contributed by atoms with Crippen molar-refractivity contribution in [3.8, 4) is 0 Å². The monoisotopic (exact) mass is 428 g/mol. The van der Waals surface area contributed by atoms with E-state index in [1.54, 1.807) is 5.57 Å². The van der Waals surface area contributed by atoms with Crippen molar-refractivity contribution in [1.29, 1.82) is 0 Å². The summed E-state index contributed by atoms with van der Waals surface area (Å²) in [5.74, 6) is 2.57. The number of aliphatic hydroxyl groups excluding tert-OH is 3. The highest BCUT2D eigenvalue weighted by Crippen LogP contribution is 2.59. The number of rotatable bonds is 6. The Morgan fingerprint density at radius 1 is 1.13 bits per heavy atom.